The molecule has 2 aromatic rings. The van der Waals surface area contributed by atoms with Gasteiger partial charge < -0.3 is 19.5 Å². The molecule has 4 rings (SSSR count). The largest absolute Gasteiger partial charge is 0.394 e. The van der Waals surface area contributed by atoms with Crippen LogP contribution in [0.4, 0.5) is 5.69 Å². The number of aliphatic hydroxyl groups is 2. The molecular weight excluding hydrogens is 308 g/mol. The first-order valence-corrected chi connectivity index (χ1v) is 8.23. The van der Waals surface area contributed by atoms with Gasteiger partial charge in [-0.1, -0.05) is 0 Å². The number of rotatable bonds is 3. The standard InChI is InChI=1S/C17H20N4O3/c22-9-11-8-13(23)16(24-11)12-4-3-5-18-15-14(12)19-10-20-17(15)21-6-1-2-7-21/h1-2,5-7,10-13,16,22-23H,3-4,8-9H2/t11-,12-,13+,16?/m0/s1. The van der Waals surface area contributed by atoms with Gasteiger partial charge in [-0.25, -0.2) is 9.97 Å². The fraction of sp³-hybridized carbons (Fsp3) is 0.471. The highest BCUT2D eigenvalue weighted by atomic mass is 16.5. The Bertz CT molecular complexity index is 731. The van der Waals surface area contributed by atoms with Crippen LogP contribution in [0.25, 0.3) is 5.82 Å². The van der Waals surface area contributed by atoms with E-state index in [1.807, 2.05) is 35.3 Å². The number of aromatic nitrogens is 3. The molecule has 1 unspecified atom stereocenters. The van der Waals surface area contributed by atoms with Crippen LogP contribution in [0, 0.1) is 0 Å². The third-order valence-corrected chi connectivity index (χ3v) is 4.69. The van der Waals surface area contributed by atoms with Crippen LogP contribution in [0.3, 0.4) is 0 Å². The van der Waals surface area contributed by atoms with Gasteiger partial charge in [-0.15, -0.1) is 0 Å². The fourth-order valence-corrected chi connectivity index (χ4v) is 3.56. The quantitative estimate of drug-likeness (QED) is 0.887. The Kier molecular flexibility index (Phi) is 4.13. The van der Waals surface area contributed by atoms with Crippen molar-refractivity contribution in [2.45, 2.75) is 43.5 Å². The van der Waals surface area contributed by atoms with Crippen molar-refractivity contribution in [1.82, 2.24) is 14.5 Å². The number of hydrogen-bond acceptors (Lipinski definition) is 6. The van der Waals surface area contributed by atoms with Crippen molar-refractivity contribution in [3.05, 3.63) is 36.5 Å². The maximum atomic E-state index is 10.4. The SMILES string of the molecule is OC[C@@H]1C[C@@H](O)C([C@H]2CCC=Nc3c2ncnc3-n2cccc2)O1. The number of fused-ring (bicyclic) bond motifs is 1. The summed E-state index contributed by atoms with van der Waals surface area (Å²) in [4.78, 5) is 13.4. The van der Waals surface area contributed by atoms with Gasteiger partial charge in [0.05, 0.1) is 30.6 Å². The Balaban J connectivity index is 1.75. The molecule has 2 aliphatic heterocycles. The van der Waals surface area contributed by atoms with E-state index < -0.39 is 6.10 Å². The van der Waals surface area contributed by atoms with Crippen molar-refractivity contribution in [2.75, 3.05) is 6.61 Å². The summed E-state index contributed by atoms with van der Waals surface area (Å²) in [6.45, 7) is -0.0813. The Morgan fingerprint density at radius 3 is 2.83 bits per heavy atom. The van der Waals surface area contributed by atoms with Gasteiger partial charge >= 0.3 is 0 Å². The lowest BCUT2D eigenvalue weighted by molar-refractivity contribution is -0.0247. The monoisotopic (exact) mass is 328 g/mol. The Morgan fingerprint density at radius 1 is 1.25 bits per heavy atom. The van der Waals surface area contributed by atoms with E-state index in [0.29, 0.717) is 6.42 Å². The molecule has 0 amide bonds. The van der Waals surface area contributed by atoms with E-state index in [2.05, 4.69) is 15.0 Å². The van der Waals surface area contributed by atoms with Gasteiger partial charge in [-0.2, -0.15) is 0 Å². The van der Waals surface area contributed by atoms with Crippen LogP contribution in [0.2, 0.25) is 0 Å². The minimum Gasteiger partial charge on any atom is -0.394 e. The number of aliphatic imine (C=N–C) groups is 1. The summed E-state index contributed by atoms with van der Waals surface area (Å²) in [6.07, 6.45) is 7.96. The van der Waals surface area contributed by atoms with Crippen LogP contribution >= 0.6 is 0 Å². The zero-order valence-electron chi connectivity index (χ0n) is 13.2. The van der Waals surface area contributed by atoms with Crippen molar-refractivity contribution < 1.29 is 14.9 Å². The number of aliphatic hydroxyl groups excluding tert-OH is 2. The molecule has 2 aliphatic rings. The first kappa shape index (κ1) is 15.4. The molecule has 0 aliphatic carbocycles. The molecular formula is C17H20N4O3. The van der Waals surface area contributed by atoms with E-state index in [0.717, 1.165) is 30.0 Å². The average molecular weight is 328 g/mol. The minimum atomic E-state index is -0.608. The second kappa shape index (κ2) is 6.43. The summed E-state index contributed by atoms with van der Waals surface area (Å²) >= 11 is 0. The van der Waals surface area contributed by atoms with Gasteiger partial charge in [0.1, 0.15) is 12.0 Å². The number of nitrogens with zero attached hydrogens (tertiary/aromatic N) is 4. The van der Waals surface area contributed by atoms with Gasteiger partial charge in [0.25, 0.3) is 0 Å². The van der Waals surface area contributed by atoms with Crippen LogP contribution in [0.1, 0.15) is 30.9 Å². The van der Waals surface area contributed by atoms with Crippen LogP contribution in [0.15, 0.2) is 35.8 Å². The van der Waals surface area contributed by atoms with Crippen molar-refractivity contribution in [2.24, 2.45) is 4.99 Å². The average Bonchev–Trinajstić information content (AvgIpc) is 3.20. The summed E-state index contributed by atoms with van der Waals surface area (Å²) in [5.41, 5.74) is 1.52. The number of ether oxygens (including phenoxy) is 1. The van der Waals surface area contributed by atoms with E-state index in [-0.39, 0.29) is 24.7 Å². The maximum Gasteiger partial charge on any atom is 0.166 e. The second-order valence-corrected chi connectivity index (χ2v) is 6.23. The normalized spacial score (nSPS) is 29.4. The summed E-state index contributed by atoms with van der Waals surface area (Å²) in [5, 5.41) is 19.7. The molecule has 0 aromatic carbocycles. The van der Waals surface area contributed by atoms with E-state index in [4.69, 9.17) is 4.74 Å². The molecule has 7 heteroatoms. The van der Waals surface area contributed by atoms with Crippen LogP contribution in [-0.4, -0.2) is 55.9 Å². The first-order chi connectivity index (χ1) is 11.8. The highest BCUT2D eigenvalue weighted by molar-refractivity contribution is 5.70. The van der Waals surface area contributed by atoms with Crippen molar-refractivity contribution in [1.29, 1.82) is 0 Å². The van der Waals surface area contributed by atoms with Gasteiger partial charge in [0, 0.05) is 30.9 Å². The van der Waals surface area contributed by atoms with Crippen LogP contribution in [0.5, 0.6) is 0 Å². The Labute approximate surface area is 139 Å². The molecule has 7 nitrogen and oxygen atoms in total. The lowest BCUT2D eigenvalue weighted by Crippen LogP contribution is -2.29. The highest BCUT2D eigenvalue weighted by Gasteiger charge is 2.41. The number of hydrogen-bond donors (Lipinski definition) is 2. The van der Waals surface area contributed by atoms with Crippen molar-refractivity contribution >= 4 is 11.9 Å². The molecule has 0 bridgehead atoms. The highest BCUT2D eigenvalue weighted by Crippen LogP contribution is 2.40. The predicted octanol–water partition coefficient (Wildman–Crippen LogP) is 1.36. The molecule has 1 fully saturated rings. The zero-order chi connectivity index (χ0) is 16.5. The Hall–Kier alpha value is -2.09. The molecule has 2 N–H and O–H groups in total. The summed E-state index contributed by atoms with van der Waals surface area (Å²) in [7, 11) is 0. The fourth-order valence-electron chi connectivity index (χ4n) is 3.56. The van der Waals surface area contributed by atoms with E-state index in [1.54, 1.807) is 0 Å². The molecule has 4 atom stereocenters. The summed E-state index contributed by atoms with van der Waals surface area (Å²) in [5.74, 6) is 0.644. The molecule has 24 heavy (non-hydrogen) atoms. The van der Waals surface area contributed by atoms with E-state index >= 15 is 0 Å². The molecule has 0 saturated carbocycles. The Morgan fingerprint density at radius 2 is 2.08 bits per heavy atom. The predicted molar refractivity (Wildman–Crippen MR) is 87.9 cm³/mol. The molecule has 4 heterocycles. The van der Waals surface area contributed by atoms with Gasteiger partial charge in [0.2, 0.25) is 0 Å². The third-order valence-electron chi connectivity index (χ3n) is 4.69. The third kappa shape index (κ3) is 2.64. The van der Waals surface area contributed by atoms with Crippen LogP contribution < -0.4 is 0 Å². The molecule has 0 spiro atoms. The van der Waals surface area contributed by atoms with Gasteiger partial charge in [-0.05, 0) is 25.0 Å². The van der Waals surface area contributed by atoms with E-state index in [9.17, 15) is 10.2 Å². The van der Waals surface area contributed by atoms with Crippen molar-refractivity contribution in [3.8, 4) is 5.82 Å². The minimum absolute atomic E-state index is 0.0774. The molecule has 126 valence electrons. The molecule has 1 saturated heterocycles. The summed E-state index contributed by atoms with van der Waals surface area (Å²) < 4.78 is 7.79. The topological polar surface area (TPSA) is 92.8 Å². The molecule has 0 radical (unpaired) electrons. The lowest BCUT2D eigenvalue weighted by Gasteiger charge is -2.25. The van der Waals surface area contributed by atoms with E-state index in [1.165, 1.54) is 6.33 Å². The van der Waals surface area contributed by atoms with Gasteiger partial charge in [0.15, 0.2) is 5.82 Å². The second-order valence-electron chi connectivity index (χ2n) is 6.23. The molecule has 2 aromatic heterocycles. The first-order valence-electron chi connectivity index (χ1n) is 8.23. The van der Waals surface area contributed by atoms with Gasteiger partial charge in [-0.3, -0.25) is 4.99 Å². The van der Waals surface area contributed by atoms with Crippen molar-refractivity contribution in [3.63, 3.8) is 0 Å². The van der Waals surface area contributed by atoms with Crippen LogP contribution in [-0.2, 0) is 4.74 Å². The maximum absolute atomic E-state index is 10.4. The smallest absolute Gasteiger partial charge is 0.166 e. The summed E-state index contributed by atoms with van der Waals surface area (Å²) in [6, 6.07) is 3.87. The zero-order valence-corrected chi connectivity index (χ0v) is 13.2. The lowest BCUT2D eigenvalue weighted by atomic mass is 9.89.